The van der Waals surface area contributed by atoms with Crippen molar-refractivity contribution in [3.63, 3.8) is 0 Å². The largest absolute Gasteiger partial charge is 0.496 e. The van der Waals surface area contributed by atoms with Gasteiger partial charge in [0.25, 0.3) is 5.56 Å². The first-order valence-corrected chi connectivity index (χ1v) is 13.2. The zero-order chi connectivity index (χ0) is 27.0. The Kier molecular flexibility index (Phi) is 6.91. The van der Waals surface area contributed by atoms with Crippen LogP contribution in [0.2, 0.25) is 0 Å². The number of esters is 1. The Morgan fingerprint density at radius 2 is 1.84 bits per heavy atom. The summed E-state index contributed by atoms with van der Waals surface area (Å²) < 4.78 is 13.2. The number of fused-ring (bicyclic) bond motifs is 2. The summed E-state index contributed by atoms with van der Waals surface area (Å²) >= 11 is 1.30. The molecule has 8 heteroatoms. The van der Waals surface area contributed by atoms with E-state index in [0.29, 0.717) is 26.4 Å². The maximum Gasteiger partial charge on any atom is 0.338 e. The van der Waals surface area contributed by atoms with Crippen LogP contribution in [0.4, 0.5) is 5.69 Å². The number of carbonyl (C=O) groups is 1. The highest BCUT2D eigenvalue weighted by molar-refractivity contribution is 7.07. The van der Waals surface area contributed by atoms with Crippen molar-refractivity contribution >= 4 is 39.8 Å². The van der Waals surface area contributed by atoms with Crippen LogP contribution < -0.4 is 24.5 Å². The zero-order valence-electron chi connectivity index (χ0n) is 22.0. The lowest BCUT2D eigenvalue weighted by atomic mass is 9.95. The standard InChI is InChI=1S/C30H29N3O4S/c1-6-37-29(35)26-18(2)31-30-33(27(26)20-11-14-21(15-12-20)32(3)4)28(34)25(38-30)17-23-22-10-8-7-9-19(22)13-16-24(23)36-5/h7-17,27H,6H2,1-5H3/b25-17-/t27-/m1/s1. The number of hydrogen-bond donors (Lipinski definition) is 0. The average Bonchev–Trinajstić information content (AvgIpc) is 3.22. The fourth-order valence-corrected chi connectivity index (χ4v) is 5.82. The molecule has 3 aromatic carbocycles. The number of thiazole rings is 1. The van der Waals surface area contributed by atoms with Crippen LogP contribution in [0.15, 0.2) is 81.7 Å². The molecule has 194 valence electrons. The van der Waals surface area contributed by atoms with Crippen LogP contribution >= 0.6 is 11.3 Å². The molecule has 1 atom stereocenters. The van der Waals surface area contributed by atoms with E-state index in [2.05, 4.69) is 4.99 Å². The van der Waals surface area contributed by atoms with Gasteiger partial charge in [0, 0.05) is 25.3 Å². The first kappa shape index (κ1) is 25.5. The molecule has 1 aliphatic heterocycles. The quantitative estimate of drug-likeness (QED) is 0.354. The minimum Gasteiger partial charge on any atom is -0.496 e. The van der Waals surface area contributed by atoms with Gasteiger partial charge in [-0.05, 0) is 54.5 Å². The van der Waals surface area contributed by atoms with Crippen LogP contribution in [0.25, 0.3) is 16.8 Å². The number of nitrogens with zero attached hydrogens (tertiary/aromatic N) is 3. The molecule has 0 aliphatic carbocycles. The summed E-state index contributed by atoms with van der Waals surface area (Å²) in [7, 11) is 5.55. The SMILES string of the molecule is CCOC(=O)C1=C(C)N=c2s/c(=C\c3c(OC)ccc4ccccc34)c(=O)n2[C@@H]1c1ccc(N(C)C)cc1. The normalized spacial score (nSPS) is 15.3. The molecule has 1 aromatic heterocycles. The van der Waals surface area contributed by atoms with Gasteiger partial charge in [-0.1, -0.05) is 53.8 Å². The van der Waals surface area contributed by atoms with E-state index >= 15 is 0 Å². The summed E-state index contributed by atoms with van der Waals surface area (Å²) in [5.74, 6) is 0.203. The highest BCUT2D eigenvalue weighted by Gasteiger charge is 2.33. The number of benzene rings is 3. The van der Waals surface area contributed by atoms with E-state index in [0.717, 1.165) is 27.6 Å². The number of carbonyl (C=O) groups excluding carboxylic acids is 1. The molecule has 0 saturated carbocycles. The van der Waals surface area contributed by atoms with Gasteiger partial charge in [0.05, 0.1) is 35.6 Å². The van der Waals surface area contributed by atoms with Gasteiger partial charge in [0.2, 0.25) is 0 Å². The summed E-state index contributed by atoms with van der Waals surface area (Å²) in [5, 5.41) is 2.03. The minimum atomic E-state index is -0.655. The van der Waals surface area contributed by atoms with Gasteiger partial charge in [-0.3, -0.25) is 9.36 Å². The number of hydrogen-bond acceptors (Lipinski definition) is 7. The molecule has 0 unspecified atom stereocenters. The van der Waals surface area contributed by atoms with Crippen LogP contribution in [0.1, 0.15) is 31.0 Å². The summed E-state index contributed by atoms with van der Waals surface area (Å²) in [4.78, 5) is 34.4. The smallest absolute Gasteiger partial charge is 0.338 e. The average molecular weight is 528 g/mol. The molecular weight excluding hydrogens is 498 g/mol. The monoisotopic (exact) mass is 527 g/mol. The van der Waals surface area contributed by atoms with Crippen LogP contribution in [0.5, 0.6) is 5.75 Å². The molecule has 0 saturated heterocycles. The topological polar surface area (TPSA) is 73.1 Å². The molecule has 0 fully saturated rings. The van der Waals surface area contributed by atoms with E-state index in [9.17, 15) is 9.59 Å². The lowest BCUT2D eigenvalue weighted by Gasteiger charge is -2.25. The summed E-state index contributed by atoms with van der Waals surface area (Å²) in [6, 6.07) is 19.1. The first-order valence-electron chi connectivity index (χ1n) is 12.4. The van der Waals surface area contributed by atoms with Crippen LogP contribution in [0.3, 0.4) is 0 Å². The Hall–Kier alpha value is -4.17. The Morgan fingerprint density at radius 1 is 1.11 bits per heavy atom. The van der Waals surface area contributed by atoms with Gasteiger partial charge < -0.3 is 14.4 Å². The fourth-order valence-electron chi connectivity index (χ4n) is 4.80. The number of rotatable bonds is 6. The van der Waals surface area contributed by atoms with Gasteiger partial charge >= 0.3 is 5.97 Å². The second-order valence-electron chi connectivity index (χ2n) is 9.19. The fraction of sp³-hybridized carbons (Fsp3) is 0.233. The molecule has 0 bridgehead atoms. The number of allylic oxidation sites excluding steroid dienone is 1. The second-order valence-corrected chi connectivity index (χ2v) is 10.2. The Bertz CT molecular complexity index is 1750. The predicted octanol–water partition coefficient (Wildman–Crippen LogP) is 4.03. The molecule has 38 heavy (non-hydrogen) atoms. The van der Waals surface area contributed by atoms with Crippen LogP contribution in [0, 0.1) is 0 Å². The summed E-state index contributed by atoms with van der Waals surface area (Å²) in [6.45, 7) is 3.78. The molecule has 0 amide bonds. The summed E-state index contributed by atoms with van der Waals surface area (Å²) in [6.07, 6.45) is 1.86. The van der Waals surface area contributed by atoms with Crippen molar-refractivity contribution in [3.8, 4) is 5.75 Å². The third-order valence-corrected chi connectivity index (χ3v) is 7.65. The molecule has 4 aromatic rings. The van der Waals surface area contributed by atoms with E-state index in [-0.39, 0.29) is 12.2 Å². The van der Waals surface area contributed by atoms with Crippen molar-refractivity contribution in [2.45, 2.75) is 19.9 Å². The van der Waals surface area contributed by atoms with Crippen molar-refractivity contribution in [2.75, 3.05) is 32.7 Å². The zero-order valence-corrected chi connectivity index (χ0v) is 22.8. The molecular formula is C30H29N3O4S. The molecule has 2 heterocycles. The number of methoxy groups -OCH3 is 1. The minimum absolute atomic E-state index is 0.222. The number of aromatic nitrogens is 1. The highest BCUT2D eigenvalue weighted by Crippen LogP contribution is 2.32. The van der Waals surface area contributed by atoms with Crippen molar-refractivity contribution in [2.24, 2.45) is 4.99 Å². The van der Waals surface area contributed by atoms with Gasteiger partial charge in [-0.2, -0.15) is 0 Å². The van der Waals surface area contributed by atoms with E-state index in [1.165, 1.54) is 11.3 Å². The van der Waals surface area contributed by atoms with E-state index in [1.807, 2.05) is 85.7 Å². The Morgan fingerprint density at radius 3 is 2.53 bits per heavy atom. The molecule has 1 aliphatic rings. The van der Waals surface area contributed by atoms with Crippen molar-refractivity contribution in [1.29, 1.82) is 0 Å². The molecule has 5 rings (SSSR count). The summed E-state index contributed by atoms with van der Waals surface area (Å²) in [5.41, 5.74) is 3.33. The van der Waals surface area contributed by atoms with Gasteiger partial charge in [0.1, 0.15) is 5.75 Å². The number of anilines is 1. The Labute approximate surface area is 224 Å². The van der Waals surface area contributed by atoms with Crippen molar-refractivity contribution in [1.82, 2.24) is 4.57 Å². The molecule has 7 nitrogen and oxygen atoms in total. The van der Waals surface area contributed by atoms with Crippen molar-refractivity contribution in [3.05, 3.63) is 103 Å². The highest BCUT2D eigenvalue weighted by atomic mass is 32.1. The van der Waals surface area contributed by atoms with Crippen LogP contribution in [-0.4, -0.2) is 38.3 Å². The Balaban J connectivity index is 1.76. The van der Waals surface area contributed by atoms with E-state index in [4.69, 9.17) is 9.47 Å². The molecule has 0 radical (unpaired) electrons. The number of ether oxygens (including phenoxy) is 2. The maximum absolute atomic E-state index is 14.0. The van der Waals surface area contributed by atoms with E-state index in [1.54, 1.807) is 25.5 Å². The maximum atomic E-state index is 14.0. The van der Waals surface area contributed by atoms with Gasteiger partial charge in [0.15, 0.2) is 4.80 Å². The first-order chi connectivity index (χ1) is 18.3. The van der Waals surface area contributed by atoms with Crippen molar-refractivity contribution < 1.29 is 14.3 Å². The lowest BCUT2D eigenvalue weighted by Crippen LogP contribution is -2.40. The van der Waals surface area contributed by atoms with Gasteiger partial charge in [-0.15, -0.1) is 0 Å². The van der Waals surface area contributed by atoms with E-state index < -0.39 is 12.0 Å². The van der Waals surface area contributed by atoms with Gasteiger partial charge in [-0.25, -0.2) is 9.79 Å². The second kappa shape index (κ2) is 10.3. The third kappa shape index (κ3) is 4.41. The molecule has 0 N–H and O–H groups in total. The molecule has 0 spiro atoms. The van der Waals surface area contributed by atoms with Crippen LogP contribution in [-0.2, 0) is 9.53 Å². The lowest BCUT2D eigenvalue weighted by molar-refractivity contribution is -0.139. The third-order valence-electron chi connectivity index (χ3n) is 6.67. The predicted molar refractivity (Wildman–Crippen MR) is 152 cm³/mol.